The maximum absolute atomic E-state index is 11.8. The predicted molar refractivity (Wildman–Crippen MR) is 72.0 cm³/mol. The average molecular weight is 271 g/mol. The highest BCUT2D eigenvalue weighted by Crippen LogP contribution is 2.28. The number of hydrogen-bond acceptors (Lipinski definition) is 3. The summed E-state index contributed by atoms with van der Waals surface area (Å²) in [7, 11) is 0. The topological polar surface area (TPSA) is 89.6 Å². The van der Waals surface area contributed by atoms with Crippen LogP contribution in [0.25, 0.3) is 0 Å². The van der Waals surface area contributed by atoms with Gasteiger partial charge in [-0.15, -0.1) is 0 Å². The number of rotatable bonds is 5. The molecule has 0 aliphatic rings. The molecule has 0 saturated heterocycles. The van der Waals surface area contributed by atoms with Crippen LogP contribution >= 0.6 is 0 Å². The zero-order valence-corrected chi connectivity index (χ0v) is 10.5. The van der Waals surface area contributed by atoms with Gasteiger partial charge in [-0.3, -0.25) is 4.79 Å². The average Bonchev–Trinajstić information content (AvgIpc) is 2.46. The number of hydrogen-bond donors (Lipinski definition) is 2. The largest absolute Gasteiger partial charge is 0.478 e. The van der Waals surface area contributed by atoms with Crippen LogP contribution in [-0.4, -0.2) is 17.0 Å². The summed E-state index contributed by atoms with van der Waals surface area (Å²) in [6.45, 7) is 0. The lowest BCUT2D eigenvalue weighted by Gasteiger charge is -2.27. The SMILES string of the molecule is NC(=O)C(Oc1ccccc1)(C(=O)O)c1ccccc1. The summed E-state index contributed by atoms with van der Waals surface area (Å²) >= 11 is 0. The van der Waals surface area contributed by atoms with Crippen LogP contribution in [0.3, 0.4) is 0 Å². The maximum atomic E-state index is 11.8. The standard InChI is InChI=1S/C15H13NO4/c16-13(17)15(14(18)19,11-7-3-1-4-8-11)20-12-9-5-2-6-10-12/h1-10H,(H2,16,17)(H,18,19). The number of ether oxygens (including phenoxy) is 1. The Labute approximate surface area is 115 Å². The van der Waals surface area contributed by atoms with Crippen molar-refractivity contribution in [3.8, 4) is 5.75 Å². The number of benzene rings is 2. The molecule has 102 valence electrons. The Kier molecular flexibility index (Phi) is 3.70. The van der Waals surface area contributed by atoms with Crippen LogP contribution in [0.1, 0.15) is 5.56 Å². The lowest BCUT2D eigenvalue weighted by atomic mass is 9.92. The second-order valence-electron chi connectivity index (χ2n) is 4.13. The fourth-order valence-electron chi connectivity index (χ4n) is 1.86. The number of amides is 1. The van der Waals surface area contributed by atoms with Gasteiger partial charge in [-0.2, -0.15) is 0 Å². The Bertz CT molecular complexity index is 596. The molecule has 0 spiro atoms. The van der Waals surface area contributed by atoms with E-state index in [0.717, 1.165) is 0 Å². The molecule has 1 atom stereocenters. The Balaban J connectivity index is 2.55. The number of para-hydroxylation sites is 1. The zero-order valence-electron chi connectivity index (χ0n) is 10.5. The first kappa shape index (κ1) is 13.6. The Hall–Kier alpha value is -2.82. The monoisotopic (exact) mass is 271 g/mol. The minimum absolute atomic E-state index is 0.170. The molecular formula is C15H13NO4. The van der Waals surface area contributed by atoms with Gasteiger partial charge in [-0.05, 0) is 12.1 Å². The van der Waals surface area contributed by atoms with E-state index in [4.69, 9.17) is 10.5 Å². The highest BCUT2D eigenvalue weighted by atomic mass is 16.5. The molecule has 3 N–H and O–H groups in total. The van der Waals surface area contributed by atoms with Crippen molar-refractivity contribution in [1.29, 1.82) is 0 Å². The summed E-state index contributed by atoms with van der Waals surface area (Å²) in [5.41, 5.74) is 3.23. The smallest absolute Gasteiger partial charge is 0.362 e. The van der Waals surface area contributed by atoms with Crippen LogP contribution in [0.2, 0.25) is 0 Å². The molecule has 2 rings (SSSR count). The Morgan fingerprint density at radius 3 is 1.90 bits per heavy atom. The van der Waals surface area contributed by atoms with Gasteiger partial charge in [0.05, 0.1) is 0 Å². The maximum Gasteiger partial charge on any atom is 0.362 e. The molecule has 0 bridgehead atoms. The molecule has 1 unspecified atom stereocenters. The van der Waals surface area contributed by atoms with Gasteiger partial charge in [0.15, 0.2) is 0 Å². The van der Waals surface area contributed by atoms with Crippen molar-refractivity contribution in [2.45, 2.75) is 5.60 Å². The molecule has 0 aliphatic heterocycles. The summed E-state index contributed by atoms with van der Waals surface area (Å²) in [5.74, 6) is -2.29. The molecular weight excluding hydrogens is 258 g/mol. The van der Waals surface area contributed by atoms with Gasteiger partial charge in [0.1, 0.15) is 5.75 Å². The van der Waals surface area contributed by atoms with Crippen LogP contribution < -0.4 is 10.5 Å². The third-order valence-electron chi connectivity index (χ3n) is 2.84. The van der Waals surface area contributed by atoms with Crippen molar-refractivity contribution in [3.05, 3.63) is 66.2 Å². The molecule has 0 saturated carbocycles. The first-order chi connectivity index (χ1) is 9.57. The number of aliphatic carboxylic acids is 1. The number of carboxylic acid groups (broad SMARTS) is 1. The van der Waals surface area contributed by atoms with Crippen molar-refractivity contribution in [2.75, 3.05) is 0 Å². The summed E-state index contributed by atoms with van der Waals surface area (Å²) in [5, 5.41) is 9.48. The molecule has 0 heterocycles. The van der Waals surface area contributed by atoms with Gasteiger partial charge in [-0.1, -0.05) is 48.5 Å². The van der Waals surface area contributed by atoms with Crippen LogP contribution in [0.5, 0.6) is 5.75 Å². The first-order valence-corrected chi connectivity index (χ1v) is 5.90. The highest BCUT2D eigenvalue weighted by Gasteiger charge is 2.49. The van der Waals surface area contributed by atoms with E-state index >= 15 is 0 Å². The molecule has 2 aromatic rings. The van der Waals surface area contributed by atoms with Gasteiger partial charge >= 0.3 is 11.6 Å². The van der Waals surface area contributed by atoms with Crippen molar-refractivity contribution >= 4 is 11.9 Å². The molecule has 2 aromatic carbocycles. The summed E-state index contributed by atoms with van der Waals surface area (Å²) in [4.78, 5) is 23.4. The summed E-state index contributed by atoms with van der Waals surface area (Å²) in [6, 6.07) is 16.1. The normalized spacial score (nSPS) is 13.2. The quantitative estimate of drug-likeness (QED) is 0.807. The Morgan fingerprint density at radius 2 is 1.45 bits per heavy atom. The number of carbonyl (C=O) groups is 2. The van der Waals surface area contributed by atoms with Crippen molar-refractivity contribution in [1.82, 2.24) is 0 Å². The number of nitrogens with two attached hydrogens (primary N) is 1. The molecule has 1 amide bonds. The highest BCUT2D eigenvalue weighted by molar-refractivity contribution is 6.05. The molecule has 5 heteroatoms. The zero-order chi connectivity index (χ0) is 14.6. The first-order valence-electron chi connectivity index (χ1n) is 5.90. The van der Waals surface area contributed by atoms with Gasteiger partial charge in [0.2, 0.25) is 0 Å². The predicted octanol–water partition coefficient (Wildman–Crippen LogP) is 1.53. The van der Waals surface area contributed by atoms with E-state index in [0.29, 0.717) is 0 Å². The lowest BCUT2D eigenvalue weighted by molar-refractivity contribution is -0.162. The second kappa shape index (κ2) is 5.44. The van der Waals surface area contributed by atoms with E-state index in [1.165, 1.54) is 12.1 Å². The van der Waals surface area contributed by atoms with Crippen molar-refractivity contribution in [3.63, 3.8) is 0 Å². The summed E-state index contributed by atoms with van der Waals surface area (Å²) in [6.07, 6.45) is 0. The third kappa shape index (κ3) is 2.33. The third-order valence-corrected chi connectivity index (χ3v) is 2.84. The molecule has 5 nitrogen and oxygen atoms in total. The van der Waals surface area contributed by atoms with Crippen molar-refractivity contribution < 1.29 is 19.4 Å². The van der Waals surface area contributed by atoms with E-state index in [1.54, 1.807) is 48.5 Å². The van der Waals surface area contributed by atoms with E-state index in [-0.39, 0.29) is 11.3 Å². The number of carboxylic acids is 1. The van der Waals surface area contributed by atoms with Crippen LogP contribution in [0.15, 0.2) is 60.7 Å². The van der Waals surface area contributed by atoms with E-state index in [1.807, 2.05) is 0 Å². The van der Waals surface area contributed by atoms with E-state index in [9.17, 15) is 14.7 Å². The minimum atomic E-state index is -2.25. The molecule has 0 aliphatic carbocycles. The van der Waals surface area contributed by atoms with Crippen LogP contribution in [0.4, 0.5) is 0 Å². The van der Waals surface area contributed by atoms with E-state index in [2.05, 4.69) is 0 Å². The second-order valence-corrected chi connectivity index (χ2v) is 4.13. The van der Waals surface area contributed by atoms with Gasteiger partial charge < -0.3 is 15.6 Å². The van der Waals surface area contributed by atoms with Gasteiger partial charge in [-0.25, -0.2) is 4.79 Å². The minimum Gasteiger partial charge on any atom is -0.478 e. The molecule has 0 fully saturated rings. The molecule has 0 aromatic heterocycles. The number of carbonyl (C=O) groups excluding carboxylic acids is 1. The lowest BCUT2D eigenvalue weighted by Crippen LogP contribution is -2.52. The molecule has 0 radical (unpaired) electrons. The Morgan fingerprint density at radius 1 is 0.950 bits per heavy atom. The van der Waals surface area contributed by atoms with Gasteiger partial charge in [0, 0.05) is 5.56 Å². The molecule has 20 heavy (non-hydrogen) atoms. The number of primary amides is 1. The summed E-state index contributed by atoms with van der Waals surface area (Å²) < 4.78 is 5.44. The van der Waals surface area contributed by atoms with Gasteiger partial charge in [0.25, 0.3) is 5.91 Å². The van der Waals surface area contributed by atoms with E-state index < -0.39 is 17.5 Å². The van der Waals surface area contributed by atoms with Crippen LogP contribution in [0, 0.1) is 0 Å². The fraction of sp³-hybridized carbons (Fsp3) is 0.0667. The fourth-order valence-corrected chi connectivity index (χ4v) is 1.86. The van der Waals surface area contributed by atoms with Crippen molar-refractivity contribution in [2.24, 2.45) is 5.73 Å². The van der Waals surface area contributed by atoms with Crippen LogP contribution in [-0.2, 0) is 15.2 Å².